The molecule has 0 amide bonds. The molecule has 0 unspecified atom stereocenters. The monoisotopic (exact) mass is 176 g/mol. The predicted octanol–water partition coefficient (Wildman–Crippen LogP) is 0.882. The molecule has 0 atom stereocenters. The maximum absolute atomic E-state index is 10.7. The Kier molecular flexibility index (Phi) is 2.10. The van der Waals surface area contributed by atoms with Gasteiger partial charge in [0.25, 0.3) is 0 Å². The zero-order valence-corrected chi connectivity index (χ0v) is 7.66. The lowest BCUT2D eigenvalue weighted by Gasteiger charge is -2.25. The van der Waals surface area contributed by atoms with Gasteiger partial charge in [0.1, 0.15) is 5.69 Å². The van der Waals surface area contributed by atoms with Gasteiger partial charge in [0.2, 0.25) is 0 Å². The third kappa shape index (κ3) is 1.47. The van der Waals surface area contributed by atoms with E-state index in [1.807, 2.05) is 6.07 Å². The number of likely N-dealkylation sites (N-methyl/N-ethyl adjacent to an activating group) is 1. The number of aromatic nitrogens is 1. The van der Waals surface area contributed by atoms with E-state index in [2.05, 4.69) is 16.9 Å². The maximum atomic E-state index is 10.7. The first-order chi connectivity index (χ1) is 6.31. The van der Waals surface area contributed by atoms with Crippen molar-refractivity contribution in [3.8, 4) is 0 Å². The molecule has 0 saturated carbocycles. The Hall–Kier alpha value is -1.22. The molecule has 0 spiro atoms. The number of carbonyl (C=O) groups excluding carboxylic acids is 1. The largest absolute Gasteiger partial charge is 0.302 e. The molecule has 3 heteroatoms. The van der Waals surface area contributed by atoms with Crippen molar-refractivity contribution in [2.75, 3.05) is 13.6 Å². The van der Waals surface area contributed by atoms with Crippen LogP contribution < -0.4 is 0 Å². The molecule has 3 nitrogen and oxygen atoms in total. The lowest BCUT2D eigenvalue weighted by Crippen LogP contribution is -2.27. The SMILES string of the molecule is CN1CCc2c(ccnc2C=O)C1. The molecule has 0 fully saturated rings. The molecule has 68 valence electrons. The van der Waals surface area contributed by atoms with E-state index in [1.165, 1.54) is 5.56 Å². The molecule has 0 aromatic carbocycles. The standard InChI is InChI=1S/C10H12N2O/c1-12-5-3-9-8(6-12)2-4-11-10(9)7-13/h2,4,7H,3,5-6H2,1H3. The summed E-state index contributed by atoms with van der Waals surface area (Å²) in [5.41, 5.74) is 2.99. The first-order valence-electron chi connectivity index (χ1n) is 4.41. The smallest absolute Gasteiger partial charge is 0.168 e. The Bertz CT molecular complexity index is 336. The van der Waals surface area contributed by atoms with Crippen LogP contribution in [-0.2, 0) is 13.0 Å². The van der Waals surface area contributed by atoms with Crippen LogP contribution in [0, 0.1) is 0 Å². The highest BCUT2D eigenvalue weighted by atomic mass is 16.1. The summed E-state index contributed by atoms with van der Waals surface area (Å²) in [6, 6.07) is 2.00. The van der Waals surface area contributed by atoms with Crippen LogP contribution in [0.1, 0.15) is 21.6 Å². The molecule has 0 saturated heterocycles. The van der Waals surface area contributed by atoms with Gasteiger partial charge in [0, 0.05) is 19.3 Å². The van der Waals surface area contributed by atoms with Crippen molar-refractivity contribution in [3.63, 3.8) is 0 Å². The van der Waals surface area contributed by atoms with Gasteiger partial charge in [-0.25, -0.2) is 0 Å². The summed E-state index contributed by atoms with van der Waals surface area (Å²) < 4.78 is 0. The van der Waals surface area contributed by atoms with Gasteiger partial charge in [-0.05, 0) is 30.7 Å². The fourth-order valence-corrected chi connectivity index (χ4v) is 1.76. The molecule has 13 heavy (non-hydrogen) atoms. The second kappa shape index (κ2) is 3.26. The Morgan fingerprint density at radius 1 is 1.62 bits per heavy atom. The van der Waals surface area contributed by atoms with Gasteiger partial charge in [-0.15, -0.1) is 0 Å². The Morgan fingerprint density at radius 2 is 2.46 bits per heavy atom. The zero-order chi connectivity index (χ0) is 9.26. The summed E-state index contributed by atoms with van der Waals surface area (Å²) in [6.45, 7) is 1.94. The minimum atomic E-state index is 0.616. The summed E-state index contributed by atoms with van der Waals surface area (Å²) in [4.78, 5) is 17.0. The van der Waals surface area contributed by atoms with E-state index in [1.54, 1.807) is 6.20 Å². The Labute approximate surface area is 77.4 Å². The minimum Gasteiger partial charge on any atom is -0.302 e. The third-order valence-electron chi connectivity index (χ3n) is 2.48. The number of hydrogen-bond acceptors (Lipinski definition) is 3. The molecule has 0 radical (unpaired) electrons. The first-order valence-corrected chi connectivity index (χ1v) is 4.41. The van der Waals surface area contributed by atoms with Crippen molar-refractivity contribution in [1.82, 2.24) is 9.88 Å². The quantitative estimate of drug-likeness (QED) is 0.595. The zero-order valence-electron chi connectivity index (χ0n) is 7.66. The van der Waals surface area contributed by atoms with E-state index in [9.17, 15) is 4.79 Å². The fourth-order valence-electron chi connectivity index (χ4n) is 1.76. The molecule has 2 heterocycles. The lowest BCUT2D eigenvalue weighted by molar-refractivity contribution is 0.111. The van der Waals surface area contributed by atoms with Crippen molar-refractivity contribution in [2.24, 2.45) is 0 Å². The fraction of sp³-hybridized carbons (Fsp3) is 0.400. The summed E-state index contributed by atoms with van der Waals surface area (Å²) in [7, 11) is 2.09. The van der Waals surface area contributed by atoms with Crippen LogP contribution in [0.25, 0.3) is 0 Å². The van der Waals surface area contributed by atoms with Crippen LogP contribution in [0.4, 0.5) is 0 Å². The van der Waals surface area contributed by atoms with Gasteiger partial charge in [0.05, 0.1) is 0 Å². The Balaban J connectivity index is 2.45. The highest BCUT2D eigenvalue weighted by Crippen LogP contribution is 2.18. The van der Waals surface area contributed by atoms with Crippen LogP contribution in [0.3, 0.4) is 0 Å². The average molecular weight is 176 g/mol. The van der Waals surface area contributed by atoms with E-state index in [0.717, 1.165) is 31.4 Å². The number of carbonyl (C=O) groups is 1. The molecule has 1 aromatic rings. The number of nitrogens with zero attached hydrogens (tertiary/aromatic N) is 2. The van der Waals surface area contributed by atoms with Crippen molar-refractivity contribution >= 4 is 6.29 Å². The van der Waals surface area contributed by atoms with Gasteiger partial charge < -0.3 is 4.90 Å². The summed E-state index contributed by atoms with van der Waals surface area (Å²) in [5, 5.41) is 0. The molecule has 0 N–H and O–H groups in total. The van der Waals surface area contributed by atoms with E-state index in [0.29, 0.717) is 5.69 Å². The lowest BCUT2D eigenvalue weighted by atomic mass is 9.99. The second-order valence-corrected chi connectivity index (χ2v) is 3.44. The topological polar surface area (TPSA) is 33.2 Å². The van der Waals surface area contributed by atoms with Crippen LogP contribution in [-0.4, -0.2) is 29.8 Å². The van der Waals surface area contributed by atoms with Gasteiger partial charge in [-0.2, -0.15) is 0 Å². The maximum Gasteiger partial charge on any atom is 0.168 e. The highest BCUT2D eigenvalue weighted by molar-refractivity contribution is 5.75. The number of rotatable bonds is 1. The van der Waals surface area contributed by atoms with Crippen LogP contribution in [0.2, 0.25) is 0 Å². The molecule has 1 aliphatic heterocycles. The second-order valence-electron chi connectivity index (χ2n) is 3.44. The van der Waals surface area contributed by atoms with Gasteiger partial charge >= 0.3 is 0 Å². The number of pyridine rings is 1. The van der Waals surface area contributed by atoms with Gasteiger partial charge in [0.15, 0.2) is 6.29 Å². The van der Waals surface area contributed by atoms with Crippen LogP contribution >= 0.6 is 0 Å². The van der Waals surface area contributed by atoms with E-state index >= 15 is 0 Å². The molecule has 1 aliphatic rings. The van der Waals surface area contributed by atoms with Gasteiger partial charge in [-0.1, -0.05) is 0 Å². The van der Waals surface area contributed by atoms with E-state index in [-0.39, 0.29) is 0 Å². The number of hydrogen-bond donors (Lipinski definition) is 0. The summed E-state index contributed by atoms with van der Waals surface area (Å²) in [5.74, 6) is 0. The normalized spacial score (nSPS) is 16.7. The third-order valence-corrected chi connectivity index (χ3v) is 2.48. The highest BCUT2D eigenvalue weighted by Gasteiger charge is 2.15. The molecule has 0 bridgehead atoms. The van der Waals surface area contributed by atoms with Crippen LogP contribution in [0.15, 0.2) is 12.3 Å². The van der Waals surface area contributed by atoms with Gasteiger partial charge in [-0.3, -0.25) is 9.78 Å². The molecule has 0 aliphatic carbocycles. The number of fused-ring (bicyclic) bond motifs is 1. The van der Waals surface area contributed by atoms with Crippen molar-refractivity contribution < 1.29 is 4.79 Å². The summed E-state index contributed by atoms with van der Waals surface area (Å²) >= 11 is 0. The summed E-state index contributed by atoms with van der Waals surface area (Å²) in [6.07, 6.45) is 3.50. The van der Waals surface area contributed by atoms with Crippen molar-refractivity contribution in [1.29, 1.82) is 0 Å². The van der Waals surface area contributed by atoms with E-state index < -0.39 is 0 Å². The van der Waals surface area contributed by atoms with Crippen molar-refractivity contribution in [2.45, 2.75) is 13.0 Å². The molecule has 1 aromatic heterocycles. The number of aldehydes is 1. The average Bonchev–Trinajstić information content (AvgIpc) is 2.16. The molecular weight excluding hydrogens is 164 g/mol. The minimum absolute atomic E-state index is 0.616. The molecule has 2 rings (SSSR count). The first kappa shape index (κ1) is 8.38. The predicted molar refractivity (Wildman–Crippen MR) is 49.7 cm³/mol. The molecular formula is C10H12N2O. The van der Waals surface area contributed by atoms with Crippen LogP contribution in [0.5, 0.6) is 0 Å². The van der Waals surface area contributed by atoms with E-state index in [4.69, 9.17) is 0 Å². The Morgan fingerprint density at radius 3 is 3.23 bits per heavy atom. The van der Waals surface area contributed by atoms with Crippen molar-refractivity contribution in [3.05, 3.63) is 29.1 Å².